The third-order valence-electron chi connectivity index (χ3n) is 5.06. The molecule has 3 atom stereocenters. The average Bonchev–Trinajstić information content (AvgIpc) is 2.84. The summed E-state index contributed by atoms with van der Waals surface area (Å²) in [7, 11) is 0. The molecule has 20 heavy (non-hydrogen) atoms. The van der Waals surface area contributed by atoms with E-state index in [9.17, 15) is 19.5 Å². The van der Waals surface area contributed by atoms with Crippen molar-refractivity contribution in [1.29, 1.82) is 0 Å². The minimum Gasteiger partial charge on any atom is -0.481 e. The number of nitrogens with one attached hydrogen (secondary N) is 1. The van der Waals surface area contributed by atoms with Crippen LogP contribution in [-0.2, 0) is 14.4 Å². The van der Waals surface area contributed by atoms with Gasteiger partial charge in [0.1, 0.15) is 0 Å². The van der Waals surface area contributed by atoms with Gasteiger partial charge in [0, 0.05) is 5.75 Å². The highest BCUT2D eigenvalue weighted by molar-refractivity contribution is 8.14. The zero-order valence-corrected chi connectivity index (χ0v) is 12.0. The van der Waals surface area contributed by atoms with Crippen LogP contribution in [0.2, 0.25) is 0 Å². The van der Waals surface area contributed by atoms with Crippen molar-refractivity contribution in [3.8, 4) is 0 Å². The van der Waals surface area contributed by atoms with Crippen LogP contribution in [0.3, 0.4) is 0 Å². The summed E-state index contributed by atoms with van der Waals surface area (Å²) in [5.41, 5.74) is 0. The summed E-state index contributed by atoms with van der Waals surface area (Å²) in [6.45, 7) is 0. The Balaban J connectivity index is 1.74. The van der Waals surface area contributed by atoms with Crippen LogP contribution in [0.15, 0.2) is 0 Å². The van der Waals surface area contributed by atoms with E-state index >= 15 is 0 Å². The molecule has 0 unspecified atom stereocenters. The molecule has 0 aromatic rings. The molecule has 0 aromatic carbocycles. The Labute approximate surface area is 121 Å². The van der Waals surface area contributed by atoms with Gasteiger partial charge >= 0.3 is 5.97 Å². The van der Waals surface area contributed by atoms with Crippen molar-refractivity contribution in [2.24, 2.45) is 23.7 Å². The molecule has 1 saturated heterocycles. The normalized spacial score (nSPS) is 39.8. The molecule has 0 aromatic heterocycles. The molecular weight excluding hydrogens is 278 g/mol. The first-order valence-corrected chi connectivity index (χ1v) is 8.26. The fourth-order valence-electron chi connectivity index (χ4n) is 4.08. The van der Waals surface area contributed by atoms with E-state index in [1.54, 1.807) is 0 Å². The molecule has 0 spiro atoms. The number of thioether (sulfide) groups is 1. The van der Waals surface area contributed by atoms with E-state index in [1.807, 2.05) is 0 Å². The van der Waals surface area contributed by atoms with Gasteiger partial charge in [0.25, 0.3) is 0 Å². The minimum absolute atomic E-state index is 0.00574. The van der Waals surface area contributed by atoms with Gasteiger partial charge < -0.3 is 10.4 Å². The molecule has 0 radical (unpaired) electrons. The second kappa shape index (κ2) is 5.39. The maximum Gasteiger partial charge on any atom is 0.307 e. The number of hydrogen-bond donors (Lipinski definition) is 2. The molecule has 110 valence electrons. The number of hydrogen-bond acceptors (Lipinski definition) is 4. The monoisotopic (exact) mass is 297 g/mol. The summed E-state index contributed by atoms with van der Waals surface area (Å²) >= 11 is 1.25. The molecule has 2 N–H and O–H groups in total. The van der Waals surface area contributed by atoms with E-state index < -0.39 is 23.8 Å². The largest absolute Gasteiger partial charge is 0.481 e. The highest BCUT2D eigenvalue weighted by atomic mass is 32.2. The molecule has 4 fully saturated rings. The Bertz CT molecular complexity index is 444. The number of carbonyl (C=O) groups is 3. The van der Waals surface area contributed by atoms with Gasteiger partial charge in [-0.1, -0.05) is 11.8 Å². The van der Waals surface area contributed by atoms with Crippen LogP contribution in [0, 0.1) is 23.7 Å². The van der Waals surface area contributed by atoms with Crippen LogP contribution in [0.1, 0.15) is 32.1 Å². The molecule has 4 aliphatic rings. The molecule has 5 nitrogen and oxygen atoms in total. The van der Waals surface area contributed by atoms with Gasteiger partial charge in [-0.25, -0.2) is 0 Å². The predicted molar refractivity (Wildman–Crippen MR) is 74.1 cm³/mol. The zero-order valence-electron chi connectivity index (χ0n) is 11.2. The fourth-order valence-corrected chi connectivity index (χ4v) is 5.01. The molecule has 1 amide bonds. The topological polar surface area (TPSA) is 83.5 Å². The Kier molecular flexibility index (Phi) is 3.75. The van der Waals surface area contributed by atoms with Crippen molar-refractivity contribution >= 4 is 28.8 Å². The van der Waals surface area contributed by atoms with Crippen molar-refractivity contribution in [2.45, 2.75) is 38.1 Å². The quantitative estimate of drug-likeness (QED) is 0.819. The average molecular weight is 297 g/mol. The van der Waals surface area contributed by atoms with Crippen molar-refractivity contribution in [3.05, 3.63) is 0 Å². The molecule has 1 heterocycles. The van der Waals surface area contributed by atoms with Crippen LogP contribution >= 0.6 is 11.8 Å². The lowest BCUT2D eigenvalue weighted by atomic mass is 9.58. The molecule has 3 aliphatic carbocycles. The van der Waals surface area contributed by atoms with Gasteiger partial charge in [-0.15, -0.1) is 0 Å². The standard InChI is InChI=1S/C14H19NO4S/c16-12(15-9-5-6-20-14(9)19)10-7-1-3-8(4-2-7)11(10)13(17)18/h7-11H,1-6H2,(H,15,16)(H,17,18)/t7?,8?,9-,10+,11-/m1/s1. The second-order valence-electron chi connectivity index (χ2n) is 6.08. The van der Waals surface area contributed by atoms with Crippen LogP contribution in [0.5, 0.6) is 0 Å². The third kappa shape index (κ3) is 2.34. The first-order chi connectivity index (χ1) is 9.58. The van der Waals surface area contributed by atoms with E-state index in [-0.39, 0.29) is 22.9 Å². The molecule has 3 saturated carbocycles. The van der Waals surface area contributed by atoms with Gasteiger partial charge in [-0.3, -0.25) is 14.4 Å². The first-order valence-electron chi connectivity index (χ1n) is 7.27. The number of carboxylic acids is 1. The van der Waals surface area contributed by atoms with Crippen molar-refractivity contribution in [2.75, 3.05) is 5.75 Å². The van der Waals surface area contributed by atoms with E-state index in [4.69, 9.17) is 0 Å². The van der Waals surface area contributed by atoms with Crippen LogP contribution in [0.25, 0.3) is 0 Å². The SMILES string of the molecule is O=C(O)[C@@H]1C2CCC(CC2)[C@@H]1C(=O)N[C@@H]1CCSC1=O. The summed E-state index contributed by atoms with van der Waals surface area (Å²) < 4.78 is 0. The number of carboxylic acid groups (broad SMARTS) is 1. The maximum atomic E-state index is 12.5. The number of amides is 1. The lowest BCUT2D eigenvalue weighted by Crippen LogP contribution is -2.53. The van der Waals surface area contributed by atoms with Crippen molar-refractivity contribution < 1.29 is 19.5 Å². The molecule has 1 aliphatic heterocycles. The van der Waals surface area contributed by atoms with Crippen LogP contribution in [-0.4, -0.2) is 33.9 Å². The second-order valence-corrected chi connectivity index (χ2v) is 7.18. The zero-order chi connectivity index (χ0) is 14.3. The van der Waals surface area contributed by atoms with Gasteiger partial charge in [0.2, 0.25) is 11.0 Å². The molecule has 6 heteroatoms. The maximum absolute atomic E-state index is 12.5. The molecular formula is C14H19NO4S. The van der Waals surface area contributed by atoms with Gasteiger partial charge in [0.15, 0.2) is 0 Å². The van der Waals surface area contributed by atoms with Crippen molar-refractivity contribution in [1.82, 2.24) is 5.32 Å². The lowest BCUT2D eigenvalue weighted by molar-refractivity contribution is -0.158. The number of aliphatic carboxylic acids is 1. The minimum atomic E-state index is -0.855. The third-order valence-corrected chi connectivity index (χ3v) is 6.07. The fraction of sp³-hybridized carbons (Fsp3) is 0.786. The summed E-state index contributed by atoms with van der Waals surface area (Å²) in [5.74, 6) is -1.04. The van der Waals surface area contributed by atoms with E-state index in [2.05, 4.69) is 5.32 Å². The van der Waals surface area contributed by atoms with Crippen molar-refractivity contribution in [3.63, 3.8) is 0 Å². The summed E-state index contributed by atoms with van der Waals surface area (Å²) in [6.07, 6.45) is 4.39. The van der Waals surface area contributed by atoms with Crippen LogP contribution in [0.4, 0.5) is 0 Å². The Morgan fingerprint density at radius 3 is 2.15 bits per heavy atom. The highest BCUT2D eigenvalue weighted by Gasteiger charge is 2.50. The lowest BCUT2D eigenvalue weighted by Gasteiger charge is -2.46. The Morgan fingerprint density at radius 2 is 1.65 bits per heavy atom. The van der Waals surface area contributed by atoms with E-state index in [0.717, 1.165) is 31.4 Å². The number of carbonyl (C=O) groups excluding carboxylic acids is 2. The predicted octanol–water partition coefficient (Wildman–Crippen LogP) is 1.27. The highest BCUT2D eigenvalue weighted by Crippen LogP contribution is 2.49. The van der Waals surface area contributed by atoms with Crippen LogP contribution < -0.4 is 5.32 Å². The van der Waals surface area contributed by atoms with Gasteiger partial charge in [-0.05, 0) is 43.9 Å². The summed E-state index contributed by atoms with van der Waals surface area (Å²) in [4.78, 5) is 35.6. The number of fused-ring (bicyclic) bond motifs is 3. The summed E-state index contributed by atoms with van der Waals surface area (Å²) in [5, 5.41) is 12.2. The summed E-state index contributed by atoms with van der Waals surface area (Å²) in [6, 6.07) is -0.414. The van der Waals surface area contributed by atoms with E-state index in [0.29, 0.717) is 6.42 Å². The van der Waals surface area contributed by atoms with E-state index in [1.165, 1.54) is 11.8 Å². The van der Waals surface area contributed by atoms with Gasteiger partial charge in [-0.2, -0.15) is 0 Å². The Hall–Kier alpha value is -1.04. The Morgan fingerprint density at radius 1 is 1.05 bits per heavy atom. The smallest absolute Gasteiger partial charge is 0.307 e. The van der Waals surface area contributed by atoms with Gasteiger partial charge in [0.05, 0.1) is 17.9 Å². The first kappa shape index (κ1) is 13.9. The number of rotatable bonds is 3. The molecule has 4 rings (SSSR count). The molecule has 2 bridgehead atoms.